The van der Waals surface area contributed by atoms with Gasteiger partial charge in [-0.05, 0) is 61.2 Å². The Morgan fingerprint density at radius 2 is 1.67 bits per heavy atom. The monoisotopic (exact) mass is 303 g/mol. The van der Waals surface area contributed by atoms with Gasteiger partial charge in [0.25, 0.3) is 0 Å². The molecule has 0 spiro atoms. The largest absolute Gasteiger partial charge is 0.130 e. The standard InChI is InChI=1S/C20H32P/c1-2-3-8-18-13-15-19(16-14-18)20(21)12-7-11-17-9-5-4-6-10-17/h13-16,20H,2-12,21H2,1H3. The minimum atomic E-state index is 0.634. The van der Waals surface area contributed by atoms with Crippen molar-refractivity contribution in [1.29, 1.82) is 0 Å². The summed E-state index contributed by atoms with van der Waals surface area (Å²) < 4.78 is 0. The number of rotatable bonds is 8. The predicted molar refractivity (Wildman–Crippen MR) is 97.7 cm³/mol. The summed E-state index contributed by atoms with van der Waals surface area (Å²) in [6.45, 7) is 2.26. The van der Waals surface area contributed by atoms with Gasteiger partial charge in [0.1, 0.15) is 0 Å². The maximum atomic E-state index is 3.05. The molecular weight excluding hydrogens is 271 g/mol. The van der Waals surface area contributed by atoms with E-state index in [1.54, 1.807) is 0 Å². The number of hydrogen-bond acceptors (Lipinski definition) is 0. The highest BCUT2D eigenvalue weighted by Crippen LogP contribution is 2.33. The number of aryl methyl sites for hydroxylation is 1. The van der Waals surface area contributed by atoms with Gasteiger partial charge in [-0.2, -0.15) is 0 Å². The van der Waals surface area contributed by atoms with E-state index in [1.165, 1.54) is 81.8 Å². The molecule has 0 amide bonds. The molecule has 2 unspecified atom stereocenters. The molecule has 0 nitrogen and oxygen atoms in total. The molecule has 1 aromatic carbocycles. The van der Waals surface area contributed by atoms with E-state index in [0.717, 1.165) is 0 Å². The maximum absolute atomic E-state index is 3.05. The summed E-state index contributed by atoms with van der Waals surface area (Å²) in [7, 11) is 3.05. The summed E-state index contributed by atoms with van der Waals surface area (Å²) in [4.78, 5) is 0. The minimum absolute atomic E-state index is 0.634. The van der Waals surface area contributed by atoms with Crippen LogP contribution < -0.4 is 0 Å². The van der Waals surface area contributed by atoms with Crippen LogP contribution in [0.25, 0.3) is 0 Å². The van der Waals surface area contributed by atoms with Crippen LogP contribution in [0.4, 0.5) is 0 Å². The molecule has 1 heteroatoms. The van der Waals surface area contributed by atoms with E-state index in [0.29, 0.717) is 5.66 Å². The lowest BCUT2D eigenvalue weighted by atomic mass is 9.85. The summed E-state index contributed by atoms with van der Waals surface area (Å²) in [6.07, 6.45) is 15.0. The average Bonchev–Trinajstić information content (AvgIpc) is 2.54. The fourth-order valence-electron chi connectivity index (χ4n) is 3.35. The van der Waals surface area contributed by atoms with Crippen molar-refractivity contribution in [2.75, 3.05) is 0 Å². The smallest absolute Gasteiger partial charge is 0.00146 e. The highest BCUT2D eigenvalue weighted by atomic mass is 31.0. The van der Waals surface area contributed by atoms with Crippen LogP contribution in [-0.2, 0) is 6.42 Å². The summed E-state index contributed by atoms with van der Waals surface area (Å²) in [5.74, 6) is 1.84. The van der Waals surface area contributed by atoms with Gasteiger partial charge in [0.2, 0.25) is 0 Å². The molecule has 117 valence electrons. The van der Waals surface area contributed by atoms with Crippen molar-refractivity contribution >= 4 is 9.24 Å². The third kappa shape index (κ3) is 6.11. The second kappa shape index (κ2) is 9.62. The molecule has 1 fully saturated rings. The van der Waals surface area contributed by atoms with Gasteiger partial charge in [-0.15, -0.1) is 9.24 Å². The third-order valence-corrected chi connectivity index (χ3v) is 5.55. The van der Waals surface area contributed by atoms with Gasteiger partial charge in [-0.3, -0.25) is 0 Å². The molecule has 0 aliphatic heterocycles. The van der Waals surface area contributed by atoms with Crippen molar-refractivity contribution < 1.29 is 0 Å². The normalized spacial score (nSPS) is 17.8. The first-order valence-corrected chi connectivity index (χ1v) is 9.64. The van der Waals surface area contributed by atoms with Gasteiger partial charge in [-0.25, -0.2) is 0 Å². The molecule has 0 saturated heterocycles. The Morgan fingerprint density at radius 1 is 0.952 bits per heavy atom. The topological polar surface area (TPSA) is 0 Å². The quantitative estimate of drug-likeness (QED) is 0.471. The second-order valence-electron chi connectivity index (χ2n) is 6.65. The molecule has 1 aromatic rings. The molecule has 0 aromatic heterocycles. The van der Waals surface area contributed by atoms with Crippen LogP contribution in [0, 0.1) is 5.92 Å². The molecule has 21 heavy (non-hydrogen) atoms. The van der Waals surface area contributed by atoms with E-state index in [2.05, 4.69) is 40.4 Å². The first-order valence-electron chi connectivity index (χ1n) is 8.97. The van der Waals surface area contributed by atoms with Gasteiger partial charge in [0, 0.05) is 0 Å². The fourth-order valence-corrected chi connectivity index (χ4v) is 3.81. The van der Waals surface area contributed by atoms with E-state index in [9.17, 15) is 0 Å². The predicted octanol–water partition coefficient (Wildman–Crippen LogP) is 6.65. The first-order chi connectivity index (χ1) is 10.3. The first kappa shape index (κ1) is 17.0. The van der Waals surface area contributed by atoms with E-state index in [1.807, 2.05) is 5.92 Å². The molecule has 0 heterocycles. The van der Waals surface area contributed by atoms with Crippen molar-refractivity contribution in [2.45, 2.75) is 83.2 Å². The molecule has 1 saturated carbocycles. The van der Waals surface area contributed by atoms with E-state index < -0.39 is 0 Å². The van der Waals surface area contributed by atoms with E-state index in [4.69, 9.17) is 0 Å². The molecule has 2 atom stereocenters. The van der Waals surface area contributed by atoms with Crippen LogP contribution in [0.15, 0.2) is 24.3 Å². The Kier molecular flexibility index (Phi) is 7.80. The van der Waals surface area contributed by atoms with Crippen molar-refractivity contribution in [3.8, 4) is 0 Å². The Labute approximate surface area is 134 Å². The second-order valence-corrected chi connectivity index (χ2v) is 7.46. The lowest BCUT2D eigenvalue weighted by molar-refractivity contribution is 0.492. The van der Waals surface area contributed by atoms with Crippen molar-refractivity contribution in [3.63, 3.8) is 0 Å². The van der Waals surface area contributed by atoms with Gasteiger partial charge in [0.15, 0.2) is 0 Å². The van der Waals surface area contributed by atoms with Crippen LogP contribution >= 0.6 is 9.24 Å². The zero-order valence-corrected chi connectivity index (χ0v) is 14.9. The van der Waals surface area contributed by atoms with Crippen LogP contribution in [-0.4, -0.2) is 0 Å². The van der Waals surface area contributed by atoms with Crippen LogP contribution in [0.1, 0.15) is 87.9 Å². The Morgan fingerprint density at radius 3 is 2.33 bits per heavy atom. The number of benzene rings is 1. The third-order valence-electron chi connectivity index (χ3n) is 4.83. The highest BCUT2D eigenvalue weighted by Gasteiger charge is 2.14. The summed E-state index contributed by atoms with van der Waals surface area (Å²) in [5.41, 5.74) is 3.62. The molecular formula is C20H32P. The summed E-state index contributed by atoms with van der Waals surface area (Å²) in [6, 6.07) is 9.35. The maximum Gasteiger partial charge on any atom is -0.00146 e. The lowest BCUT2D eigenvalue weighted by Crippen LogP contribution is -2.04. The van der Waals surface area contributed by atoms with E-state index in [-0.39, 0.29) is 0 Å². The number of hydrogen-bond donors (Lipinski definition) is 0. The van der Waals surface area contributed by atoms with Crippen LogP contribution in [0.3, 0.4) is 0 Å². The fraction of sp³-hybridized carbons (Fsp3) is 0.650. The zero-order valence-electron chi connectivity index (χ0n) is 13.7. The molecule has 0 bridgehead atoms. The summed E-state index contributed by atoms with van der Waals surface area (Å²) >= 11 is 0. The Balaban J connectivity index is 1.70. The van der Waals surface area contributed by atoms with Gasteiger partial charge in [-0.1, -0.05) is 63.3 Å². The van der Waals surface area contributed by atoms with Crippen molar-refractivity contribution in [1.82, 2.24) is 0 Å². The van der Waals surface area contributed by atoms with E-state index >= 15 is 0 Å². The van der Waals surface area contributed by atoms with Gasteiger partial charge >= 0.3 is 0 Å². The molecule has 1 radical (unpaired) electrons. The Hall–Kier alpha value is -0.350. The minimum Gasteiger partial charge on any atom is -0.130 e. The summed E-state index contributed by atoms with van der Waals surface area (Å²) in [5, 5.41) is 0. The molecule has 2 rings (SSSR count). The lowest BCUT2D eigenvalue weighted by Gasteiger charge is -2.21. The van der Waals surface area contributed by atoms with Gasteiger partial charge in [0.05, 0.1) is 0 Å². The number of unbranched alkanes of at least 4 members (excludes halogenated alkanes) is 1. The van der Waals surface area contributed by atoms with Crippen LogP contribution in [0.5, 0.6) is 0 Å². The van der Waals surface area contributed by atoms with Gasteiger partial charge < -0.3 is 0 Å². The zero-order chi connectivity index (χ0) is 14.9. The molecule has 0 N–H and O–H groups in total. The van der Waals surface area contributed by atoms with Crippen LogP contribution in [0.2, 0.25) is 0 Å². The van der Waals surface area contributed by atoms with Crippen molar-refractivity contribution in [2.24, 2.45) is 0 Å². The Bertz CT molecular complexity index is 375. The SMILES string of the molecule is CCCCc1ccc(C(P)CCC[C]2CCCCC2)cc1. The highest BCUT2D eigenvalue weighted by molar-refractivity contribution is 7.17. The molecule has 1 aliphatic carbocycles. The average molecular weight is 303 g/mol. The van der Waals surface area contributed by atoms with Crippen molar-refractivity contribution in [3.05, 3.63) is 41.3 Å². The molecule has 1 aliphatic rings.